The predicted molar refractivity (Wildman–Crippen MR) is 116 cm³/mol. The van der Waals surface area contributed by atoms with E-state index in [0.717, 1.165) is 5.70 Å². The van der Waals surface area contributed by atoms with Crippen LogP contribution >= 0.6 is 6.04 Å². The minimum atomic E-state index is -2.08. The molecule has 0 bridgehead atoms. The van der Waals surface area contributed by atoms with E-state index in [-0.39, 0.29) is 11.6 Å². The highest BCUT2D eigenvalue weighted by Gasteiger charge is 2.30. The molecule has 138 valence electrons. The monoisotopic (exact) mass is 395 g/mol. The number of rotatable bonds is 5. The predicted octanol–water partition coefficient (Wildman–Crippen LogP) is 3.91. The van der Waals surface area contributed by atoms with Crippen molar-refractivity contribution in [1.29, 1.82) is 0 Å². The molecule has 1 aliphatic heterocycles. The van der Waals surface area contributed by atoms with E-state index in [1.54, 1.807) is 6.20 Å². The van der Waals surface area contributed by atoms with E-state index in [9.17, 15) is 4.79 Å². The number of nitrogens with zero attached hydrogens (tertiary/aromatic N) is 1. The number of carbonyl (C=O) groups is 1. The molecule has 0 radical (unpaired) electrons. The second-order valence-electron chi connectivity index (χ2n) is 6.22. The second-order valence-corrected chi connectivity index (χ2v) is 10.9. The SMILES string of the molecule is COC(=O)/C=C/N1C=CC(P(=S)(c2ccccc2)c2ccccc2)C=C1C. The van der Waals surface area contributed by atoms with Gasteiger partial charge in [0.1, 0.15) is 0 Å². The Morgan fingerprint density at radius 3 is 2.11 bits per heavy atom. The Morgan fingerprint density at radius 2 is 1.63 bits per heavy atom. The molecule has 0 amide bonds. The molecule has 0 saturated heterocycles. The molecule has 0 saturated carbocycles. The number of ether oxygens (including phenoxy) is 1. The van der Waals surface area contributed by atoms with Gasteiger partial charge in [-0.05, 0) is 17.5 Å². The zero-order chi connectivity index (χ0) is 19.3. The van der Waals surface area contributed by atoms with Crippen LogP contribution in [0, 0.1) is 0 Å². The van der Waals surface area contributed by atoms with Crippen molar-refractivity contribution in [2.24, 2.45) is 0 Å². The number of carbonyl (C=O) groups excluding carboxylic acids is 1. The zero-order valence-electron chi connectivity index (χ0n) is 15.4. The molecule has 0 aromatic heterocycles. The molecule has 3 rings (SSSR count). The van der Waals surface area contributed by atoms with Gasteiger partial charge in [-0.15, -0.1) is 0 Å². The number of methoxy groups -OCH3 is 1. The highest BCUT2D eigenvalue weighted by atomic mass is 32.4. The quantitative estimate of drug-likeness (QED) is 0.436. The first-order chi connectivity index (χ1) is 13.1. The standard InChI is InChI=1S/C22H22NO2PS/c1-18-17-21(13-15-23(18)16-14-22(24)25-2)26(27,19-9-5-3-6-10-19)20-11-7-4-8-12-20/h3-17,21H,1-2H3/b16-14+. The van der Waals surface area contributed by atoms with Crippen molar-refractivity contribution >= 4 is 34.4 Å². The first-order valence-corrected chi connectivity index (χ1v) is 11.5. The third-order valence-corrected chi connectivity index (χ3v) is 9.82. The summed E-state index contributed by atoms with van der Waals surface area (Å²) in [5.41, 5.74) is 1.14. The van der Waals surface area contributed by atoms with Crippen molar-refractivity contribution in [2.45, 2.75) is 12.6 Å². The van der Waals surface area contributed by atoms with Crippen LogP contribution in [0.1, 0.15) is 6.92 Å². The minimum absolute atomic E-state index is 0.111. The lowest BCUT2D eigenvalue weighted by Crippen LogP contribution is -2.26. The number of benzene rings is 2. The molecule has 0 aliphatic carbocycles. The molecule has 1 unspecified atom stereocenters. The molecule has 1 heterocycles. The summed E-state index contributed by atoms with van der Waals surface area (Å²) in [6.07, 6.45) is 9.43. The van der Waals surface area contributed by atoms with Gasteiger partial charge in [0.05, 0.1) is 7.11 Å². The first kappa shape index (κ1) is 19.3. The van der Waals surface area contributed by atoms with Gasteiger partial charge in [-0.25, -0.2) is 4.79 Å². The van der Waals surface area contributed by atoms with Crippen LogP contribution in [0.15, 0.2) is 97.0 Å². The summed E-state index contributed by atoms with van der Waals surface area (Å²) < 4.78 is 4.66. The Labute approximate surface area is 165 Å². The van der Waals surface area contributed by atoms with E-state index < -0.39 is 6.04 Å². The topological polar surface area (TPSA) is 29.5 Å². The van der Waals surface area contributed by atoms with Crippen LogP contribution in [0.3, 0.4) is 0 Å². The number of hydrogen-bond acceptors (Lipinski definition) is 4. The van der Waals surface area contributed by atoms with Crippen LogP contribution in [0.25, 0.3) is 0 Å². The molecule has 0 spiro atoms. The number of esters is 1. The van der Waals surface area contributed by atoms with Crippen molar-refractivity contribution < 1.29 is 9.53 Å². The molecule has 2 aromatic carbocycles. The van der Waals surface area contributed by atoms with Gasteiger partial charge in [-0.1, -0.05) is 84.6 Å². The highest BCUT2D eigenvalue weighted by Crippen LogP contribution is 2.51. The van der Waals surface area contributed by atoms with E-state index in [1.165, 1.54) is 23.8 Å². The van der Waals surface area contributed by atoms with Crippen molar-refractivity contribution in [1.82, 2.24) is 4.90 Å². The third-order valence-electron chi connectivity index (χ3n) is 4.53. The maximum atomic E-state index is 11.4. The maximum Gasteiger partial charge on any atom is 0.331 e. The average Bonchev–Trinajstić information content (AvgIpc) is 2.73. The first-order valence-electron chi connectivity index (χ1n) is 8.68. The molecule has 27 heavy (non-hydrogen) atoms. The summed E-state index contributed by atoms with van der Waals surface area (Å²) in [7, 11) is 1.37. The van der Waals surface area contributed by atoms with Crippen LogP contribution in [0.5, 0.6) is 0 Å². The van der Waals surface area contributed by atoms with E-state index in [1.807, 2.05) is 54.4 Å². The summed E-state index contributed by atoms with van der Waals surface area (Å²) >= 11 is 6.38. The Balaban J connectivity index is 2.00. The second kappa shape index (κ2) is 8.51. The van der Waals surface area contributed by atoms with Crippen molar-refractivity contribution in [3.05, 3.63) is 97.0 Å². The van der Waals surface area contributed by atoms with Gasteiger partial charge in [0, 0.05) is 35.9 Å². The summed E-state index contributed by atoms with van der Waals surface area (Å²) in [4.78, 5) is 13.3. The summed E-state index contributed by atoms with van der Waals surface area (Å²) in [6, 6.07) is 18.7. The van der Waals surface area contributed by atoms with Crippen molar-refractivity contribution in [3.63, 3.8) is 0 Å². The molecular formula is C22H22NO2PS. The van der Waals surface area contributed by atoms with Gasteiger partial charge in [0.25, 0.3) is 0 Å². The molecule has 0 N–H and O–H groups in total. The molecule has 1 aliphatic rings. The van der Waals surface area contributed by atoms with Gasteiger partial charge in [0.2, 0.25) is 0 Å². The fraction of sp³-hybridized carbons (Fsp3) is 0.136. The molecule has 1 atom stereocenters. The zero-order valence-corrected chi connectivity index (χ0v) is 17.1. The molecule has 3 nitrogen and oxygen atoms in total. The molecule has 0 fully saturated rings. The van der Waals surface area contributed by atoms with E-state index >= 15 is 0 Å². The number of hydrogen-bond donors (Lipinski definition) is 0. The van der Waals surface area contributed by atoms with Gasteiger partial charge in [-0.3, -0.25) is 0 Å². The fourth-order valence-corrected chi connectivity index (χ4v) is 7.17. The Morgan fingerprint density at radius 1 is 1.07 bits per heavy atom. The van der Waals surface area contributed by atoms with E-state index in [0.29, 0.717) is 0 Å². The van der Waals surface area contributed by atoms with Gasteiger partial charge in [0.15, 0.2) is 0 Å². The minimum Gasteiger partial charge on any atom is -0.466 e. The molecule has 5 heteroatoms. The number of allylic oxidation sites excluding steroid dienone is 3. The summed E-state index contributed by atoms with van der Waals surface area (Å²) in [5, 5.41) is 2.40. The largest absolute Gasteiger partial charge is 0.466 e. The summed E-state index contributed by atoms with van der Waals surface area (Å²) in [6.45, 7) is 2.02. The summed E-state index contributed by atoms with van der Waals surface area (Å²) in [5.74, 6) is -0.378. The Bertz CT molecular complexity index is 892. The van der Waals surface area contributed by atoms with Crippen LogP contribution < -0.4 is 10.6 Å². The van der Waals surface area contributed by atoms with E-state index in [4.69, 9.17) is 11.8 Å². The van der Waals surface area contributed by atoms with Gasteiger partial charge >= 0.3 is 5.97 Å². The molecular weight excluding hydrogens is 373 g/mol. The van der Waals surface area contributed by atoms with Gasteiger partial charge in [-0.2, -0.15) is 0 Å². The van der Waals surface area contributed by atoms with Crippen LogP contribution in [-0.4, -0.2) is 23.6 Å². The lowest BCUT2D eigenvalue weighted by Gasteiger charge is -2.33. The van der Waals surface area contributed by atoms with Crippen LogP contribution in [0.4, 0.5) is 0 Å². The van der Waals surface area contributed by atoms with Crippen molar-refractivity contribution in [3.8, 4) is 0 Å². The van der Waals surface area contributed by atoms with E-state index in [2.05, 4.69) is 41.2 Å². The van der Waals surface area contributed by atoms with Crippen LogP contribution in [0.2, 0.25) is 0 Å². The van der Waals surface area contributed by atoms with Gasteiger partial charge < -0.3 is 9.64 Å². The Kier molecular flexibility index (Phi) is 6.10. The smallest absolute Gasteiger partial charge is 0.331 e. The third kappa shape index (κ3) is 4.13. The lowest BCUT2D eigenvalue weighted by molar-refractivity contribution is -0.134. The highest BCUT2D eigenvalue weighted by molar-refractivity contribution is 8.22. The lowest BCUT2D eigenvalue weighted by atomic mass is 10.2. The molecule has 2 aromatic rings. The van der Waals surface area contributed by atoms with Crippen molar-refractivity contribution in [2.75, 3.05) is 7.11 Å². The maximum absolute atomic E-state index is 11.4. The normalized spacial score (nSPS) is 17.0. The van der Waals surface area contributed by atoms with Crippen LogP contribution in [-0.2, 0) is 21.3 Å². The fourth-order valence-electron chi connectivity index (χ4n) is 3.08. The average molecular weight is 395 g/mol. The Hall–Kier alpha value is -2.42.